The maximum atomic E-state index is 8.17. The molecule has 0 unspecified atom stereocenters. The average molecular weight is 120 g/mol. The van der Waals surface area contributed by atoms with Gasteiger partial charge in [0.1, 0.15) is 0 Å². The minimum absolute atomic E-state index is 0.259. The fourth-order valence-corrected chi connectivity index (χ4v) is 0.115. The molecular weight excluding hydrogens is 112 g/mol. The third kappa shape index (κ3) is 1.81. The van der Waals surface area contributed by atoms with Gasteiger partial charge in [-0.05, 0) is 6.92 Å². The van der Waals surface area contributed by atoms with E-state index < -0.39 is 12.2 Å². The van der Waals surface area contributed by atoms with E-state index in [9.17, 15) is 0 Å². The van der Waals surface area contributed by atoms with Crippen LogP contribution in [0.2, 0.25) is 0 Å². The van der Waals surface area contributed by atoms with Crippen molar-refractivity contribution in [2.24, 2.45) is 0 Å². The Morgan fingerprint density at radius 3 is 1.62 bits per heavy atom. The Morgan fingerprint density at radius 2 is 1.62 bits per heavy atom. The summed E-state index contributed by atoms with van der Waals surface area (Å²) in [4.78, 5) is 0. The Balaban J connectivity index is 4.00. The fraction of sp³-hybridized carbons (Fsp3) is 0.500. The summed E-state index contributed by atoms with van der Waals surface area (Å²) in [6.45, 7) is 1.19. The quantitative estimate of drug-likeness (QED) is 0.281. The summed E-state index contributed by atoms with van der Waals surface area (Å²) in [5, 5.41) is 32.6. The fourth-order valence-electron chi connectivity index (χ4n) is 0.115. The van der Waals surface area contributed by atoms with E-state index in [0.29, 0.717) is 0 Å². The molecule has 0 bridgehead atoms. The van der Waals surface area contributed by atoms with Crippen LogP contribution in [0.15, 0.2) is 11.5 Å². The summed E-state index contributed by atoms with van der Waals surface area (Å²) in [6.07, 6.45) is -1.78. The number of aliphatic hydroxyl groups is 4. The number of rotatable bonds is 1. The molecule has 0 aromatic heterocycles. The van der Waals surface area contributed by atoms with Crippen molar-refractivity contribution in [1.29, 1.82) is 0 Å². The van der Waals surface area contributed by atoms with Gasteiger partial charge in [-0.3, -0.25) is 0 Å². The summed E-state index contributed by atoms with van der Waals surface area (Å²) in [6, 6.07) is 0. The second-order valence-electron chi connectivity index (χ2n) is 1.38. The van der Waals surface area contributed by atoms with E-state index in [4.69, 9.17) is 20.4 Å². The largest absolute Gasteiger partial charge is 0.481 e. The van der Waals surface area contributed by atoms with Gasteiger partial charge in [0.2, 0.25) is 0 Å². The summed E-state index contributed by atoms with van der Waals surface area (Å²) < 4.78 is 0. The van der Waals surface area contributed by atoms with Gasteiger partial charge >= 0.3 is 0 Å². The third-order valence-corrected chi connectivity index (χ3v) is 0.740. The molecule has 0 heterocycles. The lowest BCUT2D eigenvalue weighted by molar-refractivity contribution is -0.0160. The van der Waals surface area contributed by atoms with E-state index in [2.05, 4.69) is 0 Å². The van der Waals surface area contributed by atoms with E-state index in [0.717, 1.165) is 0 Å². The van der Waals surface area contributed by atoms with Crippen molar-refractivity contribution >= 4 is 0 Å². The predicted molar refractivity (Wildman–Crippen MR) is 26.2 cm³/mol. The molecule has 0 radical (unpaired) electrons. The van der Waals surface area contributed by atoms with Gasteiger partial charge in [0.15, 0.2) is 6.29 Å². The topological polar surface area (TPSA) is 80.9 Å². The molecule has 4 heteroatoms. The normalized spacial score (nSPS) is 9.50. The Kier molecular flexibility index (Phi) is 2.30. The highest BCUT2D eigenvalue weighted by Gasteiger charge is 2.04. The molecule has 0 aromatic rings. The summed E-state index contributed by atoms with van der Waals surface area (Å²) >= 11 is 0. The zero-order valence-electron chi connectivity index (χ0n) is 4.37. The van der Waals surface area contributed by atoms with Crippen LogP contribution in [0.5, 0.6) is 0 Å². The van der Waals surface area contributed by atoms with Crippen molar-refractivity contribution in [1.82, 2.24) is 0 Å². The molecule has 0 rings (SSSR count). The van der Waals surface area contributed by atoms with E-state index in [1.807, 2.05) is 0 Å². The third-order valence-electron chi connectivity index (χ3n) is 0.740. The molecule has 0 fully saturated rings. The van der Waals surface area contributed by atoms with E-state index >= 15 is 0 Å². The Hall–Kier alpha value is -0.740. The van der Waals surface area contributed by atoms with Crippen molar-refractivity contribution in [3.8, 4) is 0 Å². The van der Waals surface area contributed by atoms with Crippen LogP contribution in [0.3, 0.4) is 0 Å². The van der Waals surface area contributed by atoms with Gasteiger partial charge in [0.25, 0.3) is 5.95 Å². The highest BCUT2D eigenvalue weighted by atomic mass is 16.5. The molecule has 48 valence electrons. The Labute approximate surface area is 46.3 Å². The molecule has 4 N–H and O–H groups in total. The average Bonchev–Trinajstić information content (AvgIpc) is 1.64. The van der Waals surface area contributed by atoms with Crippen molar-refractivity contribution in [3.05, 3.63) is 11.5 Å². The molecule has 0 aliphatic carbocycles. The lowest BCUT2D eigenvalue weighted by Crippen LogP contribution is -2.07. The first-order valence-electron chi connectivity index (χ1n) is 2.00. The standard InChI is InChI=1S/C4H8O4/c1-2(3(5)6)4(7)8/h3,5-8H,1H3. The second-order valence-corrected chi connectivity index (χ2v) is 1.38. The molecular formula is C4H8O4. The van der Waals surface area contributed by atoms with Gasteiger partial charge in [-0.1, -0.05) is 0 Å². The van der Waals surface area contributed by atoms with Gasteiger partial charge in [-0.25, -0.2) is 0 Å². The lowest BCUT2D eigenvalue weighted by Gasteiger charge is -2.00. The van der Waals surface area contributed by atoms with E-state index in [-0.39, 0.29) is 5.57 Å². The van der Waals surface area contributed by atoms with Gasteiger partial charge < -0.3 is 20.4 Å². The zero-order chi connectivity index (χ0) is 6.73. The number of hydrogen-bond donors (Lipinski definition) is 4. The van der Waals surface area contributed by atoms with Crippen LogP contribution in [-0.4, -0.2) is 26.7 Å². The minimum atomic E-state index is -1.78. The summed E-state index contributed by atoms with van der Waals surface area (Å²) in [7, 11) is 0. The first kappa shape index (κ1) is 7.26. The number of hydrogen-bond acceptors (Lipinski definition) is 4. The van der Waals surface area contributed by atoms with Gasteiger partial charge in [-0.15, -0.1) is 0 Å². The maximum absolute atomic E-state index is 8.17. The van der Waals surface area contributed by atoms with Crippen molar-refractivity contribution in [2.75, 3.05) is 0 Å². The molecule has 0 amide bonds. The summed E-state index contributed by atoms with van der Waals surface area (Å²) in [5.41, 5.74) is -0.259. The van der Waals surface area contributed by atoms with Gasteiger partial charge in [0, 0.05) is 0 Å². The number of aliphatic hydroxyl groups excluding tert-OH is 2. The molecule has 0 aliphatic rings. The van der Waals surface area contributed by atoms with Crippen LogP contribution >= 0.6 is 0 Å². The molecule has 0 aromatic carbocycles. The monoisotopic (exact) mass is 120 g/mol. The SMILES string of the molecule is CC(=C(O)O)C(O)O. The predicted octanol–water partition coefficient (Wildman–Crippen LogP) is -0.355. The smallest absolute Gasteiger partial charge is 0.278 e. The first-order chi connectivity index (χ1) is 3.55. The van der Waals surface area contributed by atoms with Crippen molar-refractivity contribution in [3.63, 3.8) is 0 Å². The molecule has 8 heavy (non-hydrogen) atoms. The van der Waals surface area contributed by atoms with Crippen LogP contribution in [0, 0.1) is 0 Å². The second kappa shape index (κ2) is 2.54. The molecule has 4 nitrogen and oxygen atoms in total. The van der Waals surface area contributed by atoms with Crippen LogP contribution in [0.4, 0.5) is 0 Å². The Morgan fingerprint density at radius 1 is 1.25 bits per heavy atom. The molecule has 0 aliphatic heterocycles. The van der Waals surface area contributed by atoms with E-state index in [1.165, 1.54) is 6.92 Å². The van der Waals surface area contributed by atoms with Crippen LogP contribution in [-0.2, 0) is 0 Å². The first-order valence-corrected chi connectivity index (χ1v) is 2.00. The molecule has 0 saturated heterocycles. The molecule has 0 atom stereocenters. The van der Waals surface area contributed by atoms with Crippen molar-refractivity contribution < 1.29 is 20.4 Å². The van der Waals surface area contributed by atoms with Crippen LogP contribution < -0.4 is 0 Å². The Bertz CT molecular complexity index is 101. The van der Waals surface area contributed by atoms with E-state index in [1.54, 1.807) is 0 Å². The molecule has 0 saturated carbocycles. The maximum Gasteiger partial charge on any atom is 0.278 e. The minimum Gasteiger partial charge on any atom is -0.481 e. The summed E-state index contributed by atoms with van der Waals surface area (Å²) in [5.74, 6) is -1.04. The van der Waals surface area contributed by atoms with Crippen LogP contribution in [0.25, 0.3) is 0 Å². The highest BCUT2D eigenvalue weighted by Crippen LogP contribution is 1.99. The lowest BCUT2D eigenvalue weighted by atomic mass is 10.3. The zero-order valence-corrected chi connectivity index (χ0v) is 4.37. The van der Waals surface area contributed by atoms with Crippen molar-refractivity contribution in [2.45, 2.75) is 13.2 Å². The van der Waals surface area contributed by atoms with Gasteiger partial charge in [-0.2, -0.15) is 0 Å². The highest BCUT2D eigenvalue weighted by molar-refractivity contribution is 4.99. The van der Waals surface area contributed by atoms with Crippen LogP contribution in [0.1, 0.15) is 6.92 Å². The van der Waals surface area contributed by atoms with Gasteiger partial charge in [0.05, 0.1) is 5.57 Å². The molecule has 0 spiro atoms.